The third kappa shape index (κ3) is 7.38. The van der Waals surface area contributed by atoms with E-state index in [4.69, 9.17) is 4.74 Å². The van der Waals surface area contributed by atoms with Crippen LogP contribution in [-0.2, 0) is 9.53 Å². The minimum absolute atomic E-state index is 0. The molecule has 8 heteroatoms. The van der Waals surface area contributed by atoms with Gasteiger partial charge in [-0.1, -0.05) is 6.92 Å². The summed E-state index contributed by atoms with van der Waals surface area (Å²) in [6, 6.07) is 0.469. The number of ether oxygens (including phenoxy) is 1. The Bertz CT molecular complexity index is 469. The Balaban J connectivity index is 0.00000364. The smallest absolute Gasteiger partial charge is 0.310 e. The van der Waals surface area contributed by atoms with E-state index in [0.29, 0.717) is 19.2 Å². The van der Waals surface area contributed by atoms with E-state index < -0.39 is 0 Å². The van der Waals surface area contributed by atoms with Gasteiger partial charge in [-0.05, 0) is 33.2 Å². The monoisotopic (exact) mass is 495 g/mol. The lowest BCUT2D eigenvalue weighted by molar-refractivity contribution is -0.149. The van der Waals surface area contributed by atoms with E-state index in [1.807, 2.05) is 14.0 Å². The average Bonchev–Trinajstić information content (AvgIpc) is 2.68. The quantitative estimate of drug-likeness (QED) is 0.261. The molecule has 2 atom stereocenters. The Labute approximate surface area is 181 Å². The number of piperazine rings is 1. The van der Waals surface area contributed by atoms with E-state index in [1.54, 1.807) is 0 Å². The number of carbonyl (C=O) groups excluding carboxylic acids is 1. The summed E-state index contributed by atoms with van der Waals surface area (Å²) in [6.07, 6.45) is 1.91. The molecule has 0 radical (unpaired) electrons. The summed E-state index contributed by atoms with van der Waals surface area (Å²) in [5.74, 6) is 0.787. The van der Waals surface area contributed by atoms with Crippen LogP contribution < -0.4 is 5.32 Å². The van der Waals surface area contributed by atoms with Crippen molar-refractivity contribution in [3.63, 3.8) is 0 Å². The van der Waals surface area contributed by atoms with Gasteiger partial charge in [0.2, 0.25) is 0 Å². The first-order valence-corrected chi connectivity index (χ1v) is 10.2. The van der Waals surface area contributed by atoms with Crippen LogP contribution in [0.2, 0.25) is 0 Å². The molecule has 0 aromatic heterocycles. The normalized spacial score (nSPS) is 23.5. The fourth-order valence-electron chi connectivity index (χ4n) is 3.84. The third-order valence-corrected chi connectivity index (χ3v) is 5.59. The molecule has 2 aliphatic rings. The highest BCUT2D eigenvalue weighted by atomic mass is 127. The number of halogens is 1. The first-order valence-electron chi connectivity index (χ1n) is 10.2. The highest BCUT2D eigenvalue weighted by Crippen LogP contribution is 2.18. The van der Waals surface area contributed by atoms with Crippen molar-refractivity contribution in [3.8, 4) is 0 Å². The predicted octanol–water partition coefficient (Wildman–Crippen LogP) is 1.48. The van der Waals surface area contributed by atoms with Crippen LogP contribution in [0.4, 0.5) is 0 Å². The van der Waals surface area contributed by atoms with Crippen molar-refractivity contribution in [1.82, 2.24) is 20.0 Å². The number of nitrogens with zero attached hydrogens (tertiary/aromatic N) is 4. The van der Waals surface area contributed by atoms with Crippen LogP contribution in [0.25, 0.3) is 0 Å². The minimum atomic E-state index is -0.0742. The Morgan fingerprint density at radius 2 is 1.93 bits per heavy atom. The zero-order valence-corrected chi connectivity index (χ0v) is 19.8. The molecule has 0 aliphatic carbocycles. The summed E-state index contributed by atoms with van der Waals surface area (Å²) in [5.41, 5.74) is 0. The first-order chi connectivity index (χ1) is 12.6. The van der Waals surface area contributed by atoms with Gasteiger partial charge in [-0.2, -0.15) is 0 Å². The van der Waals surface area contributed by atoms with Crippen LogP contribution in [0.5, 0.6) is 0 Å². The highest BCUT2D eigenvalue weighted by molar-refractivity contribution is 14.0. The van der Waals surface area contributed by atoms with E-state index in [1.165, 1.54) is 0 Å². The van der Waals surface area contributed by atoms with Gasteiger partial charge < -0.3 is 19.9 Å². The number of rotatable bonds is 6. The Hall–Kier alpha value is -0.610. The van der Waals surface area contributed by atoms with E-state index in [0.717, 1.165) is 64.6 Å². The fourth-order valence-corrected chi connectivity index (χ4v) is 3.84. The molecule has 2 unspecified atom stereocenters. The highest BCUT2D eigenvalue weighted by Gasteiger charge is 2.29. The fraction of sp³-hybridized carbons (Fsp3) is 0.895. The van der Waals surface area contributed by atoms with Gasteiger partial charge in [0.25, 0.3) is 0 Å². The molecule has 2 heterocycles. The third-order valence-electron chi connectivity index (χ3n) is 5.59. The number of carbonyl (C=O) groups is 1. The molecule has 0 aromatic rings. The van der Waals surface area contributed by atoms with E-state index in [9.17, 15) is 4.79 Å². The van der Waals surface area contributed by atoms with Crippen molar-refractivity contribution < 1.29 is 9.53 Å². The molecule has 158 valence electrons. The molecule has 0 aromatic carbocycles. The SMILES string of the molecule is CCOC(=O)C1CCCN(C(=NC)NCC(C)N2CCN(CC)CC2)C1.I. The average molecular weight is 495 g/mol. The molecule has 2 rings (SSSR count). The van der Waals surface area contributed by atoms with E-state index in [-0.39, 0.29) is 35.9 Å². The molecule has 0 bridgehead atoms. The van der Waals surface area contributed by atoms with Crippen LogP contribution in [0.15, 0.2) is 4.99 Å². The van der Waals surface area contributed by atoms with Crippen molar-refractivity contribution in [2.45, 2.75) is 39.7 Å². The number of esters is 1. The van der Waals surface area contributed by atoms with Crippen LogP contribution in [-0.4, -0.2) is 98.7 Å². The topological polar surface area (TPSA) is 60.4 Å². The van der Waals surface area contributed by atoms with E-state index in [2.05, 4.69) is 38.9 Å². The van der Waals surface area contributed by atoms with Crippen LogP contribution >= 0.6 is 24.0 Å². The summed E-state index contributed by atoms with van der Waals surface area (Å²) < 4.78 is 5.20. The largest absolute Gasteiger partial charge is 0.466 e. The van der Waals surface area contributed by atoms with Crippen molar-refractivity contribution in [2.75, 3.05) is 66.0 Å². The number of likely N-dealkylation sites (N-methyl/N-ethyl adjacent to an activating group) is 1. The lowest BCUT2D eigenvalue weighted by atomic mass is 9.98. The predicted molar refractivity (Wildman–Crippen MR) is 121 cm³/mol. The number of aliphatic imine (C=N–C) groups is 1. The molecule has 2 saturated heterocycles. The zero-order chi connectivity index (χ0) is 18.9. The molecule has 0 amide bonds. The Morgan fingerprint density at radius 1 is 1.22 bits per heavy atom. The van der Waals surface area contributed by atoms with Gasteiger partial charge in [0.1, 0.15) is 0 Å². The Kier molecular flexibility index (Phi) is 11.6. The summed E-state index contributed by atoms with van der Waals surface area (Å²) in [4.78, 5) is 23.8. The second kappa shape index (κ2) is 12.8. The molecule has 2 fully saturated rings. The van der Waals surface area contributed by atoms with E-state index >= 15 is 0 Å². The molecule has 0 spiro atoms. The van der Waals surface area contributed by atoms with Crippen LogP contribution in [0.3, 0.4) is 0 Å². The number of hydrogen-bond donors (Lipinski definition) is 1. The maximum atomic E-state index is 12.1. The maximum Gasteiger partial charge on any atom is 0.310 e. The summed E-state index contributed by atoms with van der Waals surface area (Å²) >= 11 is 0. The lowest BCUT2D eigenvalue weighted by Gasteiger charge is -2.38. The number of nitrogens with one attached hydrogen (secondary N) is 1. The van der Waals surface area contributed by atoms with Crippen molar-refractivity contribution in [1.29, 1.82) is 0 Å². The summed E-state index contributed by atoms with van der Waals surface area (Å²) in [5, 5.41) is 3.52. The van der Waals surface area contributed by atoms with Crippen molar-refractivity contribution >= 4 is 35.9 Å². The molecule has 27 heavy (non-hydrogen) atoms. The second-order valence-corrected chi connectivity index (χ2v) is 7.28. The molecule has 0 saturated carbocycles. The Morgan fingerprint density at radius 3 is 2.52 bits per heavy atom. The van der Waals surface area contributed by atoms with Crippen LogP contribution in [0.1, 0.15) is 33.6 Å². The van der Waals surface area contributed by atoms with Crippen LogP contribution in [0, 0.1) is 5.92 Å². The lowest BCUT2D eigenvalue weighted by Crippen LogP contribution is -2.54. The number of likely N-dealkylation sites (tertiary alicyclic amines) is 1. The van der Waals surface area contributed by atoms with Crippen molar-refractivity contribution in [2.24, 2.45) is 10.9 Å². The van der Waals surface area contributed by atoms with Gasteiger partial charge in [-0.25, -0.2) is 0 Å². The van der Waals surface area contributed by atoms with Gasteiger partial charge in [0, 0.05) is 58.9 Å². The van der Waals surface area contributed by atoms with Gasteiger partial charge in [-0.15, -0.1) is 24.0 Å². The number of guanidine groups is 1. The summed E-state index contributed by atoms with van der Waals surface area (Å²) in [6.45, 7) is 15.0. The molecular weight excluding hydrogens is 457 g/mol. The number of piperidine rings is 1. The molecule has 7 nitrogen and oxygen atoms in total. The zero-order valence-electron chi connectivity index (χ0n) is 17.4. The van der Waals surface area contributed by atoms with Gasteiger partial charge >= 0.3 is 5.97 Å². The van der Waals surface area contributed by atoms with Crippen molar-refractivity contribution in [3.05, 3.63) is 0 Å². The molecular formula is C19H38IN5O2. The summed E-state index contributed by atoms with van der Waals surface area (Å²) in [7, 11) is 1.82. The number of hydrogen-bond acceptors (Lipinski definition) is 5. The van der Waals surface area contributed by atoms with Gasteiger partial charge in [0.05, 0.1) is 12.5 Å². The molecule has 1 N–H and O–H groups in total. The standard InChI is InChI=1S/C19H37N5O2.HI/c1-5-22-10-12-23(13-11-22)16(3)14-21-19(20-4)24-9-7-8-17(15-24)18(25)26-6-2;/h16-17H,5-15H2,1-4H3,(H,20,21);1H. The maximum absolute atomic E-state index is 12.1. The minimum Gasteiger partial charge on any atom is -0.466 e. The van der Waals surface area contributed by atoms with Gasteiger partial charge in [-0.3, -0.25) is 14.7 Å². The first kappa shape index (κ1) is 24.4. The van der Waals surface area contributed by atoms with Gasteiger partial charge in [0.15, 0.2) is 5.96 Å². The molecule has 2 aliphatic heterocycles. The second-order valence-electron chi connectivity index (χ2n) is 7.28.